The van der Waals surface area contributed by atoms with Gasteiger partial charge in [-0.2, -0.15) is 0 Å². The van der Waals surface area contributed by atoms with Gasteiger partial charge in [0.15, 0.2) is 6.10 Å². The van der Waals surface area contributed by atoms with Crippen molar-refractivity contribution in [2.45, 2.75) is 226 Å². The van der Waals surface area contributed by atoms with Crippen molar-refractivity contribution >= 4 is 17.9 Å². The Balaban J connectivity index is 4.54. The molecule has 0 N–H and O–H groups in total. The molecular weight excluding hydrogens is 841 g/mol. The number of unbranched alkanes of at least 4 members (excludes halogenated alkanes) is 22. The molecule has 0 aromatic rings. The average Bonchev–Trinajstić information content (AvgIpc) is 3.34. The van der Waals surface area contributed by atoms with Crippen LogP contribution in [-0.2, 0) is 28.6 Å². The molecule has 6 heteroatoms. The molecule has 0 bridgehead atoms. The van der Waals surface area contributed by atoms with Crippen molar-refractivity contribution in [3.63, 3.8) is 0 Å². The highest BCUT2D eigenvalue weighted by Gasteiger charge is 2.19. The molecule has 6 nitrogen and oxygen atoms in total. The fourth-order valence-electron chi connectivity index (χ4n) is 7.02. The smallest absolute Gasteiger partial charge is 0.306 e. The summed E-state index contributed by atoms with van der Waals surface area (Å²) in [7, 11) is 0. The molecule has 0 aliphatic heterocycles. The van der Waals surface area contributed by atoms with Gasteiger partial charge in [0.2, 0.25) is 0 Å². The number of hydrogen-bond donors (Lipinski definition) is 0. The fraction of sp³-hybridized carbons (Fsp3) is 0.597. The van der Waals surface area contributed by atoms with Crippen LogP contribution >= 0.6 is 0 Å². The van der Waals surface area contributed by atoms with E-state index in [4.69, 9.17) is 14.2 Å². The molecule has 0 aromatic heterocycles. The minimum Gasteiger partial charge on any atom is -0.462 e. The molecule has 0 heterocycles. The van der Waals surface area contributed by atoms with Crippen LogP contribution in [0.2, 0.25) is 0 Å². The van der Waals surface area contributed by atoms with E-state index in [0.717, 1.165) is 96.3 Å². The molecule has 0 saturated heterocycles. The van der Waals surface area contributed by atoms with Crippen molar-refractivity contribution in [3.05, 3.63) is 134 Å². The third kappa shape index (κ3) is 52.5. The SMILES string of the molecule is CC\C=C/C=C\C=C/C=C\C=C/CCCCCC(=O)OCC(COC(=O)CCCCCCC\C=C/C=C\C=C/C=C\C=C/CCC)OC(=O)CCCCCCCCC/C=C\CCCCCCCC. The van der Waals surface area contributed by atoms with E-state index in [-0.39, 0.29) is 31.1 Å². The van der Waals surface area contributed by atoms with Gasteiger partial charge in [-0.25, -0.2) is 0 Å². The predicted molar refractivity (Wildman–Crippen MR) is 292 cm³/mol. The van der Waals surface area contributed by atoms with Gasteiger partial charge in [-0.05, 0) is 83.5 Å². The highest BCUT2D eigenvalue weighted by atomic mass is 16.6. The lowest BCUT2D eigenvalue weighted by molar-refractivity contribution is -0.167. The summed E-state index contributed by atoms with van der Waals surface area (Å²) in [5.41, 5.74) is 0. The minimum atomic E-state index is -0.814. The van der Waals surface area contributed by atoms with Gasteiger partial charge in [-0.3, -0.25) is 14.4 Å². The second-order valence-electron chi connectivity index (χ2n) is 17.6. The molecule has 0 radical (unpaired) electrons. The molecule has 0 amide bonds. The highest BCUT2D eigenvalue weighted by Crippen LogP contribution is 2.14. The second-order valence-corrected chi connectivity index (χ2v) is 17.6. The lowest BCUT2D eigenvalue weighted by Crippen LogP contribution is -2.30. The van der Waals surface area contributed by atoms with Crippen LogP contribution in [0.3, 0.4) is 0 Å². The standard InChI is InChI=1S/C62H98O6/c1-4-7-10-13-16-19-22-25-28-30-32-34-37-40-43-46-49-52-55-61(64)67-58-59(57-66-60(63)54-51-48-45-42-39-36-33-27-24-21-18-15-12-9-6-3)68-62(65)56-53-50-47-44-41-38-35-31-29-26-23-20-17-14-11-8-5-2/h9-10,12-13,15-16,18-19,21-22,24-30,32-34,36,39,59H,4-8,11,14,17,20,23,31,35,37-38,40-58H2,1-3H3/b12-9-,13-10-,18-15-,19-16-,24-21-,25-22-,29-26-,30-28-,33-27-,34-32-,39-36-. The molecule has 0 fully saturated rings. The van der Waals surface area contributed by atoms with E-state index >= 15 is 0 Å². The first-order valence-corrected chi connectivity index (χ1v) is 27.3. The van der Waals surface area contributed by atoms with Crippen molar-refractivity contribution in [2.75, 3.05) is 13.2 Å². The van der Waals surface area contributed by atoms with E-state index in [2.05, 4.69) is 75.5 Å². The third-order valence-electron chi connectivity index (χ3n) is 11.1. The normalized spacial score (nSPS) is 13.2. The van der Waals surface area contributed by atoms with Gasteiger partial charge in [-0.15, -0.1) is 0 Å². The summed E-state index contributed by atoms with van der Waals surface area (Å²) >= 11 is 0. The van der Waals surface area contributed by atoms with Crippen molar-refractivity contribution in [1.82, 2.24) is 0 Å². The summed E-state index contributed by atoms with van der Waals surface area (Å²) in [4.78, 5) is 38.1. The molecule has 0 aliphatic carbocycles. The van der Waals surface area contributed by atoms with Crippen LogP contribution in [0, 0.1) is 0 Å². The third-order valence-corrected chi connectivity index (χ3v) is 11.1. The van der Waals surface area contributed by atoms with E-state index in [0.29, 0.717) is 19.3 Å². The Morgan fingerprint density at radius 3 is 1.01 bits per heavy atom. The number of allylic oxidation sites excluding steroid dienone is 22. The molecule has 1 unspecified atom stereocenters. The zero-order chi connectivity index (χ0) is 49.3. The lowest BCUT2D eigenvalue weighted by Gasteiger charge is -2.18. The Morgan fingerprint density at radius 1 is 0.309 bits per heavy atom. The zero-order valence-electron chi connectivity index (χ0n) is 43.6. The minimum absolute atomic E-state index is 0.112. The van der Waals surface area contributed by atoms with Gasteiger partial charge in [0.25, 0.3) is 0 Å². The topological polar surface area (TPSA) is 78.9 Å². The number of carbonyl (C=O) groups excluding carboxylic acids is 3. The van der Waals surface area contributed by atoms with Gasteiger partial charge < -0.3 is 14.2 Å². The molecule has 0 spiro atoms. The van der Waals surface area contributed by atoms with Crippen LogP contribution < -0.4 is 0 Å². The van der Waals surface area contributed by atoms with Crippen LogP contribution in [0.25, 0.3) is 0 Å². The van der Waals surface area contributed by atoms with E-state index in [1.807, 2.05) is 79.0 Å². The second kappa shape index (κ2) is 55.1. The number of carbonyl (C=O) groups is 3. The first-order chi connectivity index (χ1) is 33.5. The fourth-order valence-corrected chi connectivity index (χ4v) is 7.02. The average molecular weight is 939 g/mol. The summed E-state index contributed by atoms with van der Waals surface area (Å²) in [5, 5.41) is 0. The van der Waals surface area contributed by atoms with E-state index in [1.54, 1.807) is 0 Å². The number of esters is 3. The van der Waals surface area contributed by atoms with E-state index in [9.17, 15) is 14.4 Å². The number of hydrogen-bond acceptors (Lipinski definition) is 6. The lowest BCUT2D eigenvalue weighted by atomic mass is 10.1. The maximum absolute atomic E-state index is 12.8. The monoisotopic (exact) mass is 939 g/mol. The maximum Gasteiger partial charge on any atom is 0.306 e. The summed E-state index contributed by atoms with van der Waals surface area (Å²) in [6, 6.07) is 0. The van der Waals surface area contributed by atoms with Gasteiger partial charge >= 0.3 is 17.9 Å². The van der Waals surface area contributed by atoms with E-state index in [1.165, 1.54) is 83.5 Å². The summed E-state index contributed by atoms with van der Waals surface area (Å²) in [6.07, 6.45) is 77.1. The Hall–Kier alpha value is -4.45. The van der Waals surface area contributed by atoms with Crippen LogP contribution in [0.15, 0.2) is 134 Å². The summed E-state index contributed by atoms with van der Waals surface area (Å²) in [5.74, 6) is -0.987. The Morgan fingerprint density at radius 2 is 0.618 bits per heavy atom. The molecule has 382 valence electrons. The van der Waals surface area contributed by atoms with Gasteiger partial charge in [0.1, 0.15) is 13.2 Å². The molecule has 68 heavy (non-hydrogen) atoms. The Kier molecular flexibility index (Phi) is 51.5. The van der Waals surface area contributed by atoms with E-state index < -0.39 is 6.10 Å². The van der Waals surface area contributed by atoms with Crippen LogP contribution in [0.4, 0.5) is 0 Å². The Bertz CT molecular complexity index is 1500. The van der Waals surface area contributed by atoms with Crippen molar-refractivity contribution in [1.29, 1.82) is 0 Å². The molecule has 0 saturated carbocycles. The van der Waals surface area contributed by atoms with Crippen LogP contribution in [0.1, 0.15) is 220 Å². The van der Waals surface area contributed by atoms with Gasteiger partial charge in [-0.1, -0.05) is 251 Å². The zero-order valence-corrected chi connectivity index (χ0v) is 43.6. The molecule has 0 aromatic carbocycles. The predicted octanol–water partition coefficient (Wildman–Crippen LogP) is 18.3. The highest BCUT2D eigenvalue weighted by molar-refractivity contribution is 5.71. The van der Waals surface area contributed by atoms with Crippen LogP contribution in [-0.4, -0.2) is 37.2 Å². The maximum atomic E-state index is 12.8. The quantitative estimate of drug-likeness (QED) is 0.0199. The largest absolute Gasteiger partial charge is 0.462 e. The number of rotatable bonds is 47. The van der Waals surface area contributed by atoms with Crippen molar-refractivity contribution < 1.29 is 28.6 Å². The summed E-state index contributed by atoms with van der Waals surface area (Å²) < 4.78 is 16.8. The first-order valence-electron chi connectivity index (χ1n) is 27.3. The van der Waals surface area contributed by atoms with Gasteiger partial charge in [0, 0.05) is 19.3 Å². The number of ether oxygens (including phenoxy) is 3. The van der Waals surface area contributed by atoms with Gasteiger partial charge in [0.05, 0.1) is 0 Å². The summed E-state index contributed by atoms with van der Waals surface area (Å²) in [6.45, 7) is 6.33. The molecule has 1 atom stereocenters. The van der Waals surface area contributed by atoms with Crippen molar-refractivity contribution in [2.24, 2.45) is 0 Å². The Labute approximate surface area is 417 Å². The molecular formula is C62H98O6. The molecule has 0 aliphatic rings. The van der Waals surface area contributed by atoms with Crippen LogP contribution in [0.5, 0.6) is 0 Å². The van der Waals surface area contributed by atoms with Crippen molar-refractivity contribution in [3.8, 4) is 0 Å². The molecule has 0 rings (SSSR count). The first kappa shape index (κ1) is 63.6.